The molecular weight excluding hydrogens is 260 g/mol. The number of halogens is 1. The van der Waals surface area contributed by atoms with Crippen molar-refractivity contribution in [2.45, 2.75) is 39.0 Å². The molecule has 0 bridgehead atoms. The van der Waals surface area contributed by atoms with Crippen molar-refractivity contribution in [1.29, 1.82) is 0 Å². The summed E-state index contributed by atoms with van der Waals surface area (Å²) in [7, 11) is 0. The van der Waals surface area contributed by atoms with E-state index >= 15 is 0 Å². The van der Waals surface area contributed by atoms with E-state index in [0.29, 0.717) is 10.8 Å². The molecule has 1 N–H and O–H groups in total. The number of nitrogens with one attached hydrogen (secondary N) is 1. The lowest BCUT2D eigenvalue weighted by Gasteiger charge is -2.46. The van der Waals surface area contributed by atoms with Crippen LogP contribution in [0.15, 0.2) is 0 Å². The lowest BCUT2D eigenvalue weighted by atomic mass is 9.75. The molecule has 2 atom stereocenters. The van der Waals surface area contributed by atoms with E-state index in [1.807, 2.05) is 0 Å². The number of ether oxygens (including phenoxy) is 1. The monoisotopic (exact) mass is 288 g/mol. The summed E-state index contributed by atoms with van der Waals surface area (Å²) in [5.74, 6) is 0. The molecule has 0 radical (unpaired) electrons. The largest absolute Gasteiger partial charge is 0.381 e. The Morgan fingerprint density at radius 3 is 2.74 bits per heavy atom. The van der Waals surface area contributed by atoms with Crippen molar-refractivity contribution in [2.75, 3.05) is 45.9 Å². The van der Waals surface area contributed by atoms with Crippen molar-refractivity contribution >= 4 is 12.4 Å². The summed E-state index contributed by atoms with van der Waals surface area (Å²) in [6.07, 6.45) is 6.75. The minimum absolute atomic E-state index is 0. The maximum atomic E-state index is 5.77. The van der Waals surface area contributed by atoms with Gasteiger partial charge in [-0.05, 0) is 50.6 Å². The molecule has 3 aliphatic rings. The van der Waals surface area contributed by atoms with Gasteiger partial charge in [-0.15, -0.1) is 12.4 Å². The summed E-state index contributed by atoms with van der Waals surface area (Å²) in [5, 5.41) is 3.52. The van der Waals surface area contributed by atoms with Gasteiger partial charge in [0.2, 0.25) is 0 Å². The predicted octanol–water partition coefficient (Wildman–Crippen LogP) is 2.30. The van der Waals surface area contributed by atoms with E-state index in [4.69, 9.17) is 4.74 Å². The topological polar surface area (TPSA) is 24.5 Å². The molecule has 19 heavy (non-hydrogen) atoms. The first-order valence-corrected chi connectivity index (χ1v) is 7.71. The molecular formula is C15H29ClN2O. The van der Waals surface area contributed by atoms with Gasteiger partial charge in [-0.3, -0.25) is 0 Å². The molecule has 0 aromatic rings. The third kappa shape index (κ3) is 3.63. The number of hydrogen-bond donors (Lipinski definition) is 1. The van der Waals surface area contributed by atoms with Crippen LogP contribution < -0.4 is 5.32 Å². The quantitative estimate of drug-likeness (QED) is 0.844. The molecule has 3 rings (SSSR count). The Morgan fingerprint density at radius 1 is 1.21 bits per heavy atom. The maximum absolute atomic E-state index is 5.77. The Hall–Kier alpha value is 0.170. The van der Waals surface area contributed by atoms with Crippen LogP contribution >= 0.6 is 12.4 Å². The summed E-state index contributed by atoms with van der Waals surface area (Å²) in [5.41, 5.74) is 1.01. The SMILES string of the molecule is CC1(CN2CCCC3(CCCOC3)C2)CCNC1.Cl. The lowest BCUT2D eigenvalue weighted by Crippen LogP contribution is -2.50. The highest BCUT2D eigenvalue weighted by Crippen LogP contribution is 2.38. The number of rotatable bonds is 2. The Balaban J connectivity index is 0.00000133. The van der Waals surface area contributed by atoms with Crippen molar-refractivity contribution < 1.29 is 4.74 Å². The summed E-state index contributed by atoms with van der Waals surface area (Å²) in [4.78, 5) is 2.73. The average molecular weight is 289 g/mol. The molecule has 3 fully saturated rings. The van der Waals surface area contributed by atoms with Gasteiger partial charge in [0.15, 0.2) is 0 Å². The third-order valence-corrected chi connectivity index (χ3v) is 5.21. The Labute approximate surface area is 123 Å². The first kappa shape index (κ1) is 15.6. The smallest absolute Gasteiger partial charge is 0.0534 e. The highest BCUT2D eigenvalue weighted by Gasteiger charge is 2.39. The first-order valence-electron chi connectivity index (χ1n) is 7.71. The van der Waals surface area contributed by atoms with Gasteiger partial charge in [0.25, 0.3) is 0 Å². The van der Waals surface area contributed by atoms with Crippen molar-refractivity contribution in [3.63, 3.8) is 0 Å². The van der Waals surface area contributed by atoms with Crippen molar-refractivity contribution in [1.82, 2.24) is 10.2 Å². The van der Waals surface area contributed by atoms with Crippen molar-refractivity contribution in [3.8, 4) is 0 Å². The van der Waals surface area contributed by atoms with Crippen LogP contribution in [-0.2, 0) is 4.74 Å². The van der Waals surface area contributed by atoms with Gasteiger partial charge in [0.05, 0.1) is 6.61 Å². The number of piperidine rings is 1. The average Bonchev–Trinajstić information content (AvgIpc) is 2.77. The van der Waals surface area contributed by atoms with Crippen LogP contribution in [0.3, 0.4) is 0 Å². The van der Waals surface area contributed by atoms with E-state index in [0.717, 1.165) is 13.2 Å². The molecule has 0 aliphatic carbocycles. The molecule has 0 aromatic carbocycles. The standard InChI is InChI=1S/C15H28N2O.ClH/c1-14(6-7-16-10-14)11-17-8-2-4-15(12-17)5-3-9-18-13-15;/h16H,2-13H2,1H3;1H. The van der Waals surface area contributed by atoms with Crippen LogP contribution in [0.5, 0.6) is 0 Å². The lowest BCUT2D eigenvalue weighted by molar-refractivity contribution is -0.0545. The zero-order chi connectivity index (χ0) is 12.5. The second kappa shape index (κ2) is 6.30. The Kier molecular flexibility index (Phi) is 5.15. The third-order valence-electron chi connectivity index (χ3n) is 5.21. The number of likely N-dealkylation sites (tertiary alicyclic amines) is 1. The molecule has 3 saturated heterocycles. The second-order valence-electron chi connectivity index (χ2n) is 7.21. The van der Waals surface area contributed by atoms with E-state index in [1.165, 1.54) is 64.8 Å². The summed E-state index contributed by atoms with van der Waals surface area (Å²) < 4.78 is 5.77. The fraction of sp³-hybridized carbons (Fsp3) is 1.00. The summed E-state index contributed by atoms with van der Waals surface area (Å²) in [6, 6.07) is 0. The second-order valence-corrected chi connectivity index (χ2v) is 7.21. The molecule has 3 aliphatic heterocycles. The van der Waals surface area contributed by atoms with E-state index in [2.05, 4.69) is 17.1 Å². The molecule has 0 amide bonds. The Morgan fingerprint density at radius 2 is 2.05 bits per heavy atom. The zero-order valence-electron chi connectivity index (χ0n) is 12.2. The van der Waals surface area contributed by atoms with Gasteiger partial charge in [0.1, 0.15) is 0 Å². The molecule has 3 heterocycles. The van der Waals surface area contributed by atoms with Gasteiger partial charge < -0.3 is 15.0 Å². The fourth-order valence-electron chi connectivity index (χ4n) is 4.22. The van der Waals surface area contributed by atoms with Crippen LogP contribution in [0.1, 0.15) is 39.0 Å². The van der Waals surface area contributed by atoms with Gasteiger partial charge in [0, 0.05) is 31.7 Å². The van der Waals surface area contributed by atoms with Gasteiger partial charge >= 0.3 is 0 Å². The van der Waals surface area contributed by atoms with Crippen LogP contribution in [0, 0.1) is 10.8 Å². The van der Waals surface area contributed by atoms with Crippen LogP contribution in [0.4, 0.5) is 0 Å². The molecule has 4 heteroatoms. The fourth-order valence-corrected chi connectivity index (χ4v) is 4.22. The highest BCUT2D eigenvalue weighted by molar-refractivity contribution is 5.85. The van der Waals surface area contributed by atoms with Crippen molar-refractivity contribution in [2.24, 2.45) is 10.8 Å². The number of nitrogens with zero attached hydrogens (tertiary/aromatic N) is 1. The maximum Gasteiger partial charge on any atom is 0.0534 e. The van der Waals surface area contributed by atoms with E-state index in [1.54, 1.807) is 0 Å². The summed E-state index contributed by atoms with van der Waals surface area (Å²) in [6.45, 7) is 10.7. The van der Waals surface area contributed by atoms with E-state index in [-0.39, 0.29) is 12.4 Å². The van der Waals surface area contributed by atoms with Gasteiger partial charge in [-0.2, -0.15) is 0 Å². The minimum Gasteiger partial charge on any atom is -0.381 e. The molecule has 1 spiro atoms. The zero-order valence-corrected chi connectivity index (χ0v) is 13.1. The highest BCUT2D eigenvalue weighted by atomic mass is 35.5. The van der Waals surface area contributed by atoms with Crippen LogP contribution in [-0.4, -0.2) is 50.8 Å². The van der Waals surface area contributed by atoms with E-state index in [9.17, 15) is 0 Å². The molecule has 2 unspecified atom stereocenters. The summed E-state index contributed by atoms with van der Waals surface area (Å²) >= 11 is 0. The number of hydrogen-bond acceptors (Lipinski definition) is 3. The molecule has 3 nitrogen and oxygen atoms in total. The minimum atomic E-state index is 0. The normalized spacial score (nSPS) is 40.3. The van der Waals surface area contributed by atoms with Crippen LogP contribution in [0.2, 0.25) is 0 Å². The van der Waals surface area contributed by atoms with Crippen molar-refractivity contribution in [3.05, 3.63) is 0 Å². The Bertz CT molecular complexity index is 280. The van der Waals surface area contributed by atoms with E-state index < -0.39 is 0 Å². The first-order chi connectivity index (χ1) is 8.70. The molecule has 0 saturated carbocycles. The van der Waals surface area contributed by atoms with Crippen LogP contribution in [0.25, 0.3) is 0 Å². The molecule has 112 valence electrons. The molecule has 0 aromatic heterocycles. The van der Waals surface area contributed by atoms with Gasteiger partial charge in [-0.25, -0.2) is 0 Å². The predicted molar refractivity (Wildman–Crippen MR) is 81.0 cm³/mol. The van der Waals surface area contributed by atoms with Gasteiger partial charge in [-0.1, -0.05) is 6.92 Å².